The van der Waals surface area contributed by atoms with Crippen molar-refractivity contribution in [1.82, 2.24) is 0 Å². The fourth-order valence-electron chi connectivity index (χ4n) is 1.49. The number of hydrogen-bond acceptors (Lipinski definition) is 2. The summed E-state index contributed by atoms with van der Waals surface area (Å²) in [5, 5.41) is 0. The van der Waals surface area contributed by atoms with E-state index in [0.29, 0.717) is 12.5 Å². The van der Waals surface area contributed by atoms with Gasteiger partial charge in [0.15, 0.2) is 11.6 Å². The van der Waals surface area contributed by atoms with Crippen LogP contribution in [0.1, 0.15) is 13.3 Å². The van der Waals surface area contributed by atoms with Gasteiger partial charge >= 0.3 is 0 Å². The highest BCUT2D eigenvalue weighted by molar-refractivity contribution is 5.24. The summed E-state index contributed by atoms with van der Waals surface area (Å²) in [7, 11) is 0. The molecule has 0 saturated heterocycles. The Labute approximate surface area is 82.9 Å². The van der Waals surface area contributed by atoms with E-state index in [4.69, 9.17) is 10.5 Å². The molecule has 1 aliphatic rings. The summed E-state index contributed by atoms with van der Waals surface area (Å²) < 4.78 is 18.5. The van der Waals surface area contributed by atoms with E-state index in [1.165, 1.54) is 6.07 Å². The summed E-state index contributed by atoms with van der Waals surface area (Å²) >= 11 is 0. The van der Waals surface area contributed by atoms with Crippen LogP contribution in [0.4, 0.5) is 4.39 Å². The van der Waals surface area contributed by atoms with E-state index < -0.39 is 0 Å². The van der Waals surface area contributed by atoms with E-state index in [0.717, 1.165) is 6.42 Å². The third-order valence-electron chi connectivity index (χ3n) is 2.84. The minimum Gasteiger partial charge on any atom is -0.489 e. The fourth-order valence-corrected chi connectivity index (χ4v) is 1.49. The number of hydrogen-bond donors (Lipinski definition) is 1. The zero-order chi connectivity index (χ0) is 10.2. The number of rotatable bonds is 3. The molecule has 1 aromatic rings. The highest BCUT2D eigenvalue weighted by Gasteiger charge is 2.48. The molecule has 0 aliphatic heterocycles. The van der Waals surface area contributed by atoms with Crippen molar-refractivity contribution in [3.63, 3.8) is 0 Å². The predicted molar refractivity (Wildman–Crippen MR) is 52.6 cm³/mol. The number of nitrogens with two attached hydrogens (primary N) is 1. The van der Waals surface area contributed by atoms with Gasteiger partial charge < -0.3 is 10.5 Å². The Kier molecular flexibility index (Phi) is 2.19. The van der Waals surface area contributed by atoms with Crippen LogP contribution in [0.5, 0.6) is 5.75 Å². The molecular formula is C11H14FNO. The lowest BCUT2D eigenvalue weighted by molar-refractivity contribution is 0.260. The molecular weight excluding hydrogens is 181 g/mol. The SMILES string of the molecule is CC1CC1(N)COc1ccccc1F. The molecule has 2 atom stereocenters. The van der Waals surface area contributed by atoms with Crippen molar-refractivity contribution in [1.29, 1.82) is 0 Å². The second kappa shape index (κ2) is 3.24. The molecule has 0 aromatic heterocycles. The number of benzene rings is 1. The van der Waals surface area contributed by atoms with Gasteiger partial charge in [0.2, 0.25) is 0 Å². The minimum atomic E-state index is -0.329. The Morgan fingerprint density at radius 3 is 2.79 bits per heavy atom. The summed E-state index contributed by atoms with van der Waals surface area (Å²) in [4.78, 5) is 0. The summed E-state index contributed by atoms with van der Waals surface area (Å²) in [5.74, 6) is 0.440. The Morgan fingerprint density at radius 1 is 1.57 bits per heavy atom. The topological polar surface area (TPSA) is 35.2 Å². The normalized spacial score (nSPS) is 30.1. The summed E-state index contributed by atoms with van der Waals surface area (Å²) in [6, 6.07) is 6.39. The second-order valence-electron chi connectivity index (χ2n) is 4.06. The maximum atomic E-state index is 13.1. The second-order valence-corrected chi connectivity index (χ2v) is 4.06. The van der Waals surface area contributed by atoms with Crippen molar-refractivity contribution in [2.45, 2.75) is 18.9 Å². The molecule has 3 heteroatoms. The van der Waals surface area contributed by atoms with E-state index in [1.807, 2.05) is 0 Å². The first-order valence-corrected chi connectivity index (χ1v) is 4.78. The van der Waals surface area contributed by atoms with Crippen molar-refractivity contribution in [2.75, 3.05) is 6.61 Å². The van der Waals surface area contributed by atoms with Crippen molar-refractivity contribution in [2.24, 2.45) is 11.7 Å². The minimum absolute atomic E-state index is 0.234. The molecule has 76 valence electrons. The molecule has 14 heavy (non-hydrogen) atoms. The van der Waals surface area contributed by atoms with E-state index in [2.05, 4.69) is 6.92 Å². The molecule has 1 aliphatic carbocycles. The first kappa shape index (κ1) is 9.46. The number of para-hydroxylation sites is 1. The van der Waals surface area contributed by atoms with Crippen LogP contribution in [0.25, 0.3) is 0 Å². The van der Waals surface area contributed by atoms with Crippen molar-refractivity contribution < 1.29 is 9.13 Å². The van der Waals surface area contributed by atoms with E-state index >= 15 is 0 Å². The van der Waals surface area contributed by atoms with Gasteiger partial charge in [-0.25, -0.2) is 4.39 Å². The van der Waals surface area contributed by atoms with Gasteiger partial charge in [0.25, 0.3) is 0 Å². The largest absolute Gasteiger partial charge is 0.489 e. The predicted octanol–water partition coefficient (Wildman–Crippen LogP) is 1.94. The molecule has 2 unspecified atom stereocenters. The molecule has 2 N–H and O–H groups in total. The zero-order valence-electron chi connectivity index (χ0n) is 8.16. The van der Waals surface area contributed by atoms with Crippen LogP contribution < -0.4 is 10.5 Å². The lowest BCUT2D eigenvalue weighted by Crippen LogP contribution is -2.32. The summed E-state index contributed by atoms with van der Waals surface area (Å²) in [5.41, 5.74) is 5.71. The molecule has 1 fully saturated rings. The third-order valence-corrected chi connectivity index (χ3v) is 2.84. The first-order valence-electron chi connectivity index (χ1n) is 4.78. The summed E-state index contributed by atoms with van der Waals surface area (Å²) in [6.07, 6.45) is 0.960. The van der Waals surface area contributed by atoms with Crippen LogP contribution in [-0.4, -0.2) is 12.1 Å². The van der Waals surface area contributed by atoms with Crippen LogP contribution in [-0.2, 0) is 0 Å². The maximum Gasteiger partial charge on any atom is 0.165 e. The fraction of sp³-hybridized carbons (Fsp3) is 0.455. The zero-order valence-corrected chi connectivity index (χ0v) is 8.16. The van der Waals surface area contributed by atoms with Gasteiger partial charge in [-0.2, -0.15) is 0 Å². The standard InChI is InChI=1S/C11H14FNO/c1-8-6-11(8,13)7-14-10-5-3-2-4-9(10)12/h2-5,8H,6-7,13H2,1H3. The van der Waals surface area contributed by atoms with E-state index in [1.54, 1.807) is 18.2 Å². The molecule has 2 rings (SSSR count). The van der Waals surface area contributed by atoms with Crippen molar-refractivity contribution >= 4 is 0 Å². The van der Waals surface area contributed by atoms with E-state index in [9.17, 15) is 4.39 Å². The monoisotopic (exact) mass is 195 g/mol. The number of halogens is 1. The Balaban J connectivity index is 1.96. The lowest BCUT2D eigenvalue weighted by atomic mass is 10.2. The van der Waals surface area contributed by atoms with Crippen molar-refractivity contribution in [3.05, 3.63) is 30.1 Å². The van der Waals surface area contributed by atoms with Crippen molar-refractivity contribution in [3.8, 4) is 5.75 Å². The highest BCUT2D eigenvalue weighted by Crippen LogP contribution is 2.40. The van der Waals surface area contributed by atoms with Gasteiger partial charge in [0, 0.05) is 0 Å². The molecule has 2 nitrogen and oxygen atoms in total. The first-order chi connectivity index (χ1) is 6.62. The van der Waals surface area contributed by atoms with Gasteiger partial charge in [-0.3, -0.25) is 0 Å². The van der Waals surface area contributed by atoms with Crippen LogP contribution in [0.3, 0.4) is 0 Å². The average Bonchev–Trinajstić information content (AvgIpc) is 2.74. The Bertz CT molecular complexity index is 342. The van der Waals surface area contributed by atoms with Crippen LogP contribution >= 0.6 is 0 Å². The van der Waals surface area contributed by atoms with Gasteiger partial charge in [-0.15, -0.1) is 0 Å². The number of ether oxygens (including phenoxy) is 1. The smallest absolute Gasteiger partial charge is 0.165 e. The summed E-state index contributed by atoms with van der Waals surface area (Å²) in [6.45, 7) is 2.47. The van der Waals surface area contributed by atoms with Gasteiger partial charge in [-0.1, -0.05) is 19.1 Å². The molecule has 1 aromatic carbocycles. The quantitative estimate of drug-likeness (QED) is 0.800. The van der Waals surface area contributed by atoms with Crippen LogP contribution in [0.15, 0.2) is 24.3 Å². The van der Waals surface area contributed by atoms with Crippen LogP contribution in [0.2, 0.25) is 0 Å². The Morgan fingerprint density at radius 2 is 2.21 bits per heavy atom. The maximum absolute atomic E-state index is 13.1. The van der Waals surface area contributed by atoms with Gasteiger partial charge in [0.05, 0.1) is 5.54 Å². The van der Waals surface area contributed by atoms with Gasteiger partial charge in [-0.05, 0) is 24.5 Å². The van der Waals surface area contributed by atoms with E-state index in [-0.39, 0.29) is 17.1 Å². The molecule has 0 bridgehead atoms. The molecule has 0 amide bonds. The molecule has 0 spiro atoms. The lowest BCUT2D eigenvalue weighted by Gasteiger charge is -2.12. The average molecular weight is 195 g/mol. The molecule has 0 heterocycles. The Hall–Kier alpha value is -1.09. The van der Waals surface area contributed by atoms with Gasteiger partial charge in [0.1, 0.15) is 6.61 Å². The molecule has 0 radical (unpaired) electrons. The highest BCUT2D eigenvalue weighted by atomic mass is 19.1. The molecule has 1 saturated carbocycles. The third kappa shape index (κ3) is 1.73. The van der Waals surface area contributed by atoms with Crippen LogP contribution in [0, 0.1) is 11.7 Å².